The standard InChI is InChI=1S/C14H18BrFN4/c1-8(2)20-14(11(15)7-18-20)13(19-17)10-5-4-9(3)12(16)6-10/h4-8,13,19H,17H2,1-3H3. The number of hydrogen-bond donors (Lipinski definition) is 2. The summed E-state index contributed by atoms with van der Waals surface area (Å²) in [6.07, 6.45) is 1.73. The van der Waals surface area contributed by atoms with Crippen LogP contribution in [0.2, 0.25) is 0 Å². The van der Waals surface area contributed by atoms with Gasteiger partial charge >= 0.3 is 0 Å². The van der Waals surface area contributed by atoms with Gasteiger partial charge in [0.1, 0.15) is 5.82 Å². The molecule has 0 spiro atoms. The van der Waals surface area contributed by atoms with Crippen molar-refractivity contribution in [2.75, 3.05) is 0 Å². The molecule has 0 aliphatic heterocycles. The molecule has 3 N–H and O–H groups in total. The van der Waals surface area contributed by atoms with Gasteiger partial charge in [0.05, 0.1) is 22.4 Å². The van der Waals surface area contributed by atoms with Crippen LogP contribution < -0.4 is 11.3 Å². The van der Waals surface area contributed by atoms with Crippen molar-refractivity contribution in [3.63, 3.8) is 0 Å². The van der Waals surface area contributed by atoms with Crippen LogP contribution in [-0.2, 0) is 0 Å². The highest BCUT2D eigenvalue weighted by Gasteiger charge is 2.22. The molecule has 2 rings (SSSR count). The third-order valence-electron chi connectivity index (χ3n) is 3.25. The second-order valence-corrected chi connectivity index (χ2v) is 5.88. The molecule has 0 bridgehead atoms. The highest BCUT2D eigenvalue weighted by atomic mass is 79.9. The van der Waals surface area contributed by atoms with Crippen LogP contribution in [0, 0.1) is 12.7 Å². The minimum Gasteiger partial charge on any atom is -0.271 e. The molecule has 0 fully saturated rings. The number of rotatable bonds is 4. The Morgan fingerprint density at radius 2 is 2.10 bits per heavy atom. The van der Waals surface area contributed by atoms with E-state index in [0.717, 1.165) is 15.7 Å². The molecule has 1 heterocycles. The van der Waals surface area contributed by atoms with Crippen LogP contribution in [0.15, 0.2) is 28.9 Å². The van der Waals surface area contributed by atoms with Gasteiger partial charge in [-0.3, -0.25) is 10.5 Å². The summed E-state index contributed by atoms with van der Waals surface area (Å²) >= 11 is 3.48. The molecule has 0 aliphatic rings. The zero-order valence-electron chi connectivity index (χ0n) is 11.7. The molecule has 1 aromatic carbocycles. The molecule has 4 nitrogen and oxygen atoms in total. The quantitative estimate of drug-likeness (QED) is 0.663. The number of aromatic nitrogens is 2. The highest BCUT2D eigenvalue weighted by molar-refractivity contribution is 9.10. The van der Waals surface area contributed by atoms with Crippen molar-refractivity contribution in [1.82, 2.24) is 15.2 Å². The maximum atomic E-state index is 13.8. The second kappa shape index (κ2) is 6.03. The Labute approximate surface area is 126 Å². The zero-order chi connectivity index (χ0) is 14.9. The number of nitrogens with zero attached hydrogens (tertiary/aromatic N) is 2. The summed E-state index contributed by atoms with van der Waals surface area (Å²) in [7, 11) is 0. The molecule has 0 radical (unpaired) electrons. The number of hydrogen-bond acceptors (Lipinski definition) is 3. The molecule has 0 amide bonds. The third-order valence-corrected chi connectivity index (χ3v) is 3.86. The third kappa shape index (κ3) is 2.77. The minimum atomic E-state index is -0.329. The van der Waals surface area contributed by atoms with E-state index < -0.39 is 0 Å². The molecule has 0 saturated heterocycles. The molecular formula is C14H18BrFN4. The first kappa shape index (κ1) is 15.2. The van der Waals surface area contributed by atoms with E-state index in [2.05, 4.69) is 26.5 Å². The minimum absolute atomic E-state index is 0.183. The van der Waals surface area contributed by atoms with Crippen molar-refractivity contribution in [2.45, 2.75) is 32.9 Å². The Kier molecular flexibility index (Phi) is 4.57. The van der Waals surface area contributed by atoms with E-state index in [1.165, 1.54) is 6.07 Å². The number of nitrogens with one attached hydrogen (secondary N) is 1. The summed E-state index contributed by atoms with van der Waals surface area (Å²) in [5, 5.41) is 4.33. The lowest BCUT2D eigenvalue weighted by molar-refractivity contribution is 0.474. The van der Waals surface area contributed by atoms with Gasteiger partial charge in [0.15, 0.2) is 0 Å². The molecule has 0 aliphatic carbocycles. The summed E-state index contributed by atoms with van der Waals surface area (Å²) in [6, 6.07) is 4.97. The van der Waals surface area contributed by atoms with Gasteiger partial charge in [0.2, 0.25) is 0 Å². The topological polar surface area (TPSA) is 55.9 Å². The van der Waals surface area contributed by atoms with Crippen LogP contribution in [-0.4, -0.2) is 9.78 Å². The SMILES string of the molecule is Cc1ccc(C(NN)c2c(Br)cnn2C(C)C)cc1F. The lowest BCUT2D eigenvalue weighted by atomic mass is 10.0. The molecule has 20 heavy (non-hydrogen) atoms. The van der Waals surface area contributed by atoms with E-state index in [-0.39, 0.29) is 17.9 Å². The second-order valence-electron chi connectivity index (χ2n) is 5.02. The number of nitrogens with two attached hydrogens (primary N) is 1. The molecule has 2 aromatic rings. The van der Waals surface area contributed by atoms with Crippen LogP contribution in [0.1, 0.15) is 42.8 Å². The van der Waals surface area contributed by atoms with Crippen LogP contribution in [0.25, 0.3) is 0 Å². The Morgan fingerprint density at radius 1 is 1.40 bits per heavy atom. The van der Waals surface area contributed by atoms with Crippen molar-refractivity contribution in [3.8, 4) is 0 Å². The maximum absolute atomic E-state index is 13.8. The Bertz CT molecular complexity index is 609. The first-order chi connectivity index (χ1) is 9.45. The van der Waals surface area contributed by atoms with E-state index in [4.69, 9.17) is 5.84 Å². The highest BCUT2D eigenvalue weighted by Crippen LogP contribution is 2.30. The fourth-order valence-electron chi connectivity index (χ4n) is 2.15. The van der Waals surface area contributed by atoms with E-state index in [1.54, 1.807) is 19.2 Å². The van der Waals surface area contributed by atoms with Crippen molar-refractivity contribution < 1.29 is 4.39 Å². The van der Waals surface area contributed by atoms with Crippen molar-refractivity contribution in [3.05, 3.63) is 51.5 Å². The summed E-state index contributed by atoms with van der Waals surface area (Å²) in [4.78, 5) is 0. The molecule has 1 aromatic heterocycles. The molecule has 1 atom stereocenters. The summed E-state index contributed by atoms with van der Waals surface area (Å²) in [6.45, 7) is 5.80. The number of hydrazine groups is 1. The maximum Gasteiger partial charge on any atom is 0.126 e. The molecule has 108 valence electrons. The van der Waals surface area contributed by atoms with Crippen LogP contribution in [0.4, 0.5) is 4.39 Å². The number of aryl methyl sites for hydroxylation is 1. The lowest BCUT2D eigenvalue weighted by Gasteiger charge is -2.21. The van der Waals surface area contributed by atoms with Crippen LogP contribution in [0.3, 0.4) is 0 Å². The van der Waals surface area contributed by atoms with Crippen molar-refractivity contribution in [2.24, 2.45) is 5.84 Å². The monoisotopic (exact) mass is 340 g/mol. The van der Waals surface area contributed by atoms with Gasteiger partial charge in [0, 0.05) is 6.04 Å². The Morgan fingerprint density at radius 3 is 2.65 bits per heavy atom. The van der Waals surface area contributed by atoms with E-state index in [1.807, 2.05) is 24.6 Å². The Balaban J connectivity index is 2.52. The van der Waals surface area contributed by atoms with Gasteiger partial charge < -0.3 is 0 Å². The number of benzene rings is 1. The largest absolute Gasteiger partial charge is 0.271 e. The average molecular weight is 341 g/mol. The normalized spacial score (nSPS) is 12.9. The van der Waals surface area contributed by atoms with Gasteiger partial charge in [-0.15, -0.1) is 0 Å². The van der Waals surface area contributed by atoms with Crippen LogP contribution >= 0.6 is 15.9 Å². The first-order valence-corrected chi connectivity index (χ1v) is 7.20. The van der Waals surface area contributed by atoms with E-state index in [0.29, 0.717) is 5.56 Å². The van der Waals surface area contributed by atoms with Gasteiger partial charge in [-0.1, -0.05) is 12.1 Å². The summed E-state index contributed by atoms with van der Waals surface area (Å²) in [5.41, 5.74) is 5.00. The predicted octanol–water partition coefficient (Wildman–Crippen LogP) is 3.23. The predicted molar refractivity (Wildman–Crippen MR) is 80.6 cm³/mol. The van der Waals surface area contributed by atoms with E-state index in [9.17, 15) is 4.39 Å². The van der Waals surface area contributed by atoms with Gasteiger partial charge in [-0.25, -0.2) is 9.82 Å². The van der Waals surface area contributed by atoms with Gasteiger partial charge in [-0.05, 0) is 53.9 Å². The molecule has 1 unspecified atom stereocenters. The van der Waals surface area contributed by atoms with Gasteiger partial charge in [0.25, 0.3) is 0 Å². The smallest absolute Gasteiger partial charge is 0.126 e. The average Bonchev–Trinajstić information content (AvgIpc) is 2.77. The molecular weight excluding hydrogens is 323 g/mol. The fraction of sp³-hybridized carbons (Fsp3) is 0.357. The zero-order valence-corrected chi connectivity index (χ0v) is 13.3. The van der Waals surface area contributed by atoms with Gasteiger partial charge in [-0.2, -0.15) is 5.10 Å². The van der Waals surface area contributed by atoms with Crippen molar-refractivity contribution in [1.29, 1.82) is 0 Å². The van der Waals surface area contributed by atoms with Crippen molar-refractivity contribution >= 4 is 15.9 Å². The fourth-order valence-corrected chi connectivity index (χ4v) is 2.66. The summed E-state index contributed by atoms with van der Waals surface area (Å²) < 4.78 is 16.5. The first-order valence-electron chi connectivity index (χ1n) is 6.40. The molecule has 6 heteroatoms. The van der Waals surface area contributed by atoms with E-state index >= 15 is 0 Å². The molecule has 0 saturated carbocycles. The summed E-state index contributed by atoms with van der Waals surface area (Å²) in [5.74, 6) is 5.45. The lowest BCUT2D eigenvalue weighted by Crippen LogP contribution is -2.31. The van der Waals surface area contributed by atoms with Crippen LogP contribution in [0.5, 0.6) is 0 Å². The Hall–Kier alpha value is -1.24. The number of halogens is 2.